The van der Waals surface area contributed by atoms with Gasteiger partial charge in [-0.25, -0.2) is 4.98 Å². The Morgan fingerprint density at radius 2 is 2.12 bits per heavy atom. The van der Waals surface area contributed by atoms with E-state index in [2.05, 4.69) is 33.7 Å². The van der Waals surface area contributed by atoms with Gasteiger partial charge in [0.05, 0.1) is 17.1 Å². The monoisotopic (exact) mass is 231 g/mol. The zero-order chi connectivity index (χ0) is 11.8. The van der Waals surface area contributed by atoms with E-state index in [1.165, 1.54) is 0 Å². The molecule has 2 aliphatic heterocycles. The average molecular weight is 231 g/mol. The summed E-state index contributed by atoms with van der Waals surface area (Å²) >= 11 is 0. The number of fused-ring (bicyclic) bond motifs is 1. The number of nitrogens with one attached hydrogen (secondary N) is 2. The Labute approximate surface area is 101 Å². The number of anilines is 1. The van der Waals surface area contributed by atoms with Crippen LogP contribution in [0, 0.1) is 0 Å². The lowest BCUT2D eigenvalue weighted by atomic mass is 10.2. The molecule has 1 fully saturated rings. The topological polar surface area (TPSA) is 45.1 Å². The van der Waals surface area contributed by atoms with Crippen molar-refractivity contribution in [2.45, 2.75) is 0 Å². The number of hydrogen-bond donors (Lipinski definition) is 2. The number of nitrogens with zero attached hydrogens (tertiary/aromatic N) is 3. The number of imidazole rings is 1. The van der Waals surface area contributed by atoms with Gasteiger partial charge in [-0.15, -0.1) is 0 Å². The van der Waals surface area contributed by atoms with Gasteiger partial charge in [-0.1, -0.05) is 6.58 Å². The standard InChI is InChI=1S/C12H17N5/c1-9-11-10(3-4-14-9)15-12(16(11)2)17-7-5-13-6-8-17/h3-4,13-14H,1,5-8H2,2H3. The molecule has 3 heterocycles. The first-order chi connectivity index (χ1) is 8.27. The van der Waals surface area contributed by atoms with Crippen LogP contribution in [0.4, 0.5) is 5.95 Å². The first kappa shape index (κ1) is 10.4. The molecule has 0 aromatic carbocycles. The van der Waals surface area contributed by atoms with E-state index in [0.29, 0.717) is 0 Å². The van der Waals surface area contributed by atoms with Gasteiger partial charge in [-0.2, -0.15) is 0 Å². The quantitative estimate of drug-likeness (QED) is 0.733. The zero-order valence-corrected chi connectivity index (χ0v) is 10.0. The molecule has 1 aromatic heterocycles. The van der Waals surface area contributed by atoms with Crippen molar-refractivity contribution in [1.29, 1.82) is 0 Å². The van der Waals surface area contributed by atoms with Crippen molar-refractivity contribution in [1.82, 2.24) is 20.2 Å². The molecular formula is C12H17N5. The fraction of sp³-hybridized carbons (Fsp3) is 0.417. The average Bonchev–Trinajstić information content (AvgIpc) is 2.69. The van der Waals surface area contributed by atoms with Gasteiger partial charge < -0.3 is 20.1 Å². The third-order valence-electron chi connectivity index (χ3n) is 3.28. The summed E-state index contributed by atoms with van der Waals surface area (Å²) < 4.78 is 2.12. The van der Waals surface area contributed by atoms with Gasteiger partial charge in [-0.3, -0.25) is 0 Å². The maximum Gasteiger partial charge on any atom is 0.206 e. The molecule has 17 heavy (non-hydrogen) atoms. The van der Waals surface area contributed by atoms with Crippen LogP contribution in [0.15, 0.2) is 12.8 Å². The lowest BCUT2D eigenvalue weighted by Gasteiger charge is -2.28. The van der Waals surface area contributed by atoms with E-state index >= 15 is 0 Å². The largest absolute Gasteiger partial charge is 0.360 e. The molecular weight excluding hydrogens is 214 g/mol. The summed E-state index contributed by atoms with van der Waals surface area (Å²) in [7, 11) is 2.05. The van der Waals surface area contributed by atoms with Gasteiger partial charge in [0.15, 0.2) is 0 Å². The van der Waals surface area contributed by atoms with Crippen molar-refractivity contribution in [3.63, 3.8) is 0 Å². The molecule has 3 rings (SSSR count). The molecule has 0 amide bonds. The molecule has 0 saturated carbocycles. The number of piperazine rings is 1. The summed E-state index contributed by atoms with van der Waals surface area (Å²) in [5, 5.41) is 6.48. The summed E-state index contributed by atoms with van der Waals surface area (Å²) in [5.41, 5.74) is 3.00. The Hall–Kier alpha value is -1.75. The molecule has 2 aliphatic rings. The van der Waals surface area contributed by atoms with Gasteiger partial charge in [-0.05, 0) is 6.08 Å². The van der Waals surface area contributed by atoms with E-state index in [9.17, 15) is 0 Å². The second-order valence-electron chi connectivity index (χ2n) is 4.40. The van der Waals surface area contributed by atoms with Crippen molar-refractivity contribution >= 4 is 17.7 Å². The molecule has 0 bridgehead atoms. The van der Waals surface area contributed by atoms with E-state index < -0.39 is 0 Å². The van der Waals surface area contributed by atoms with Crippen LogP contribution in [0.3, 0.4) is 0 Å². The highest BCUT2D eigenvalue weighted by Crippen LogP contribution is 2.26. The minimum Gasteiger partial charge on any atom is -0.360 e. The fourth-order valence-corrected chi connectivity index (χ4v) is 2.42. The molecule has 0 unspecified atom stereocenters. The second kappa shape index (κ2) is 3.92. The van der Waals surface area contributed by atoms with Crippen molar-refractivity contribution in [2.75, 3.05) is 31.1 Å². The maximum atomic E-state index is 4.70. The molecule has 0 atom stereocenters. The van der Waals surface area contributed by atoms with E-state index in [1.54, 1.807) is 0 Å². The molecule has 1 aromatic rings. The lowest BCUT2D eigenvalue weighted by molar-refractivity contribution is 0.573. The van der Waals surface area contributed by atoms with E-state index in [0.717, 1.165) is 49.2 Å². The Balaban J connectivity index is 2.01. The predicted molar refractivity (Wildman–Crippen MR) is 69.5 cm³/mol. The molecule has 1 saturated heterocycles. The van der Waals surface area contributed by atoms with Crippen LogP contribution in [-0.2, 0) is 7.05 Å². The predicted octanol–water partition coefficient (Wildman–Crippen LogP) is 0.374. The normalized spacial score (nSPS) is 19.1. The van der Waals surface area contributed by atoms with Gasteiger partial charge >= 0.3 is 0 Å². The molecule has 0 spiro atoms. The van der Waals surface area contributed by atoms with Crippen LogP contribution in [-0.4, -0.2) is 35.7 Å². The molecule has 5 nitrogen and oxygen atoms in total. The molecule has 0 radical (unpaired) electrons. The SMILES string of the molecule is C=C1NC=Cc2nc(N3CCNCC3)n(C)c21. The lowest BCUT2D eigenvalue weighted by Crippen LogP contribution is -2.44. The number of rotatable bonds is 1. The number of aromatic nitrogens is 2. The van der Waals surface area contributed by atoms with E-state index in [1.807, 2.05) is 12.3 Å². The van der Waals surface area contributed by atoms with Gasteiger partial charge in [0, 0.05) is 39.4 Å². The zero-order valence-electron chi connectivity index (χ0n) is 10.0. The third-order valence-corrected chi connectivity index (χ3v) is 3.28. The van der Waals surface area contributed by atoms with Crippen molar-refractivity contribution in [3.05, 3.63) is 24.2 Å². The second-order valence-corrected chi connectivity index (χ2v) is 4.40. The highest BCUT2D eigenvalue weighted by atomic mass is 15.3. The van der Waals surface area contributed by atoms with Crippen molar-refractivity contribution in [2.24, 2.45) is 7.05 Å². The minimum atomic E-state index is 0.916. The molecule has 0 aliphatic carbocycles. The highest BCUT2D eigenvalue weighted by molar-refractivity contribution is 5.74. The Morgan fingerprint density at radius 3 is 2.82 bits per heavy atom. The van der Waals surface area contributed by atoms with Crippen LogP contribution < -0.4 is 15.5 Å². The van der Waals surface area contributed by atoms with Gasteiger partial charge in [0.2, 0.25) is 5.95 Å². The number of hydrogen-bond acceptors (Lipinski definition) is 4. The Morgan fingerprint density at radius 1 is 1.35 bits per heavy atom. The van der Waals surface area contributed by atoms with Crippen molar-refractivity contribution < 1.29 is 0 Å². The summed E-state index contributed by atoms with van der Waals surface area (Å²) in [4.78, 5) is 7.01. The van der Waals surface area contributed by atoms with Crippen LogP contribution in [0.1, 0.15) is 11.4 Å². The smallest absolute Gasteiger partial charge is 0.206 e. The third kappa shape index (κ3) is 1.63. The Kier molecular flexibility index (Phi) is 2.40. The summed E-state index contributed by atoms with van der Waals surface area (Å²) in [6.45, 7) is 8.08. The van der Waals surface area contributed by atoms with Crippen molar-refractivity contribution in [3.8, 4) is 0 Å². The minimum absolute atomic E-state index is 0.916. The van der Waals surface area contributed by atoms with Crippen LogP contribution in [0.5, 0.6) is 0 Å². The first-order valence-corrected chi connectivity index (χ1v) is 5.92. The van der Waals surface area contributed by atoms with Gasteiger partial charge in [0.25, 0.3) is 0 Å². The molecule has 90 valence electrons. The summed E-state index contributed by atoms with van der Waals surface area (Å²) in [6.07, 6.45) is 3.88. The van der Waals surface area contributed by atoms with Crippen LogP contribution in [0.25, 0.3) is 11.8 Å². The van der Waals surface area contributed by atoms with Crippen LogP contribution >= 0.6 is 0 Å². The molecule has 2 N–H and O–H groups in total. The van der Waals surface area contributed by atoms with Crippen LogP contribution in [0.2, 0.25) is 0 Å². The first-order valence-electron chi connectivity index (χ1n) is 5.92. The highest BCUT2D eigenvalue weighted by Gasteiger charge is 2.22. The summed E-state index contributed by atoms with van der Waals surface area (Å²) in [6, 6.07) is 0. The maximum absolute atomic E-state index is 4.70. The van der Waals surface area contributed by atoms with Gasteiger partial charge in [0.1, 0.15) is 0 Å². The summed E-state index contributed by atoms with van der Waals surface area (Å²) in [5.74, 6) is 1.03. The fourth-order valence-electron chi connectivity index (χ4n) is 2.42. The van der Waals surface area contributed by atoms with E-state index in [4.69, 9.17) is 4.98 Å². The van der Waals surface area contributed by atoms with E-state index in [-0.39, 0.29) is 0 Å². The molecule has 5 heteroatoms. The Bertz CT molecular complexity index is 479.